The van der Waals surface area contributed by atoms with E-state index in [9.17, 15) is 4.79 Å². The second-order valence-electron chi connectivity index (χ2n) is 4.01. The maximum Gasteiger partial charge on any atom is 0.159 e. The Morgan fingerprint density at radius 2 is 2.38 bits per heavy atom. The first-order chi connectivity index (χ1) is 6.31. The van der Waals surface area contributed by atoms with Crippen molar-refractivity contribution >= 4 is 5.78 Å². The van der Waals surface area contributed by atoms with Crippen LogP contribution in [-0.2, 0) is 4.79 Å². The lowest BCUT2D eigenvalue weighted by Crippen LogP contribution is -2.31. The van der Waals surface area contributed by atoms with E-state index < -0.39 is 0 Å². The zero-order chi connectivity index (χ0) is 9.26. The van der Waals surface area contributed by atoms with Gasteiger partial charge >= 0.3 is 0 Å². The van der Waals surface area contributed by atoms with Gasteiger partial charge in [-0.05, 0) is 25.7 Å². The van der Waals surface area contributed by atoms with Crippen LogP contribution in [0.2, 0.25) is 0 Å². The van der Waals surface area contributed by atoms with Crippen LogP contribution in [0.3, 0.4) is 0 Å². The lowest BCUT2D eigenvalue weighted by Gasteiger charge is -2.12. The van der Waals surface area contributed by atoms with E-state index in [-0.39, 0.29) is 0 Å². The largest absolute Gasteiger partial charge is 0.307 e. The molecule has 2 rings (SSSR count). The Morgan fingerprint density at radius 3 is 3.15 bits per heavy atom. The Labute approximate surface area is 79.4 Å². The normalized spacial score (nSPS) is 32.5. The maximum absolute atomic E-state index is 11.6. The molecular weight excluding hydrogens is 162 g/mol. The lowest BCUT2D eigenvalue weighted by atomic mass is 9.96. The number of Topliss-reactive ketones (excluding diaryl/α,β-unsaturated/α-hetero) is 1. The molecule has 2 bridgehead atoms. The smallest absolute Gasteiger partial charge is 0.159 e. The maximum atomic E-state index is 11.6. The first-order valence-electron chi connectivity index (χ1n) is 5.30. The molecule has 0 radical (unpaired) electrons. The van der Waals surface area contributed by atoms with Crippen LogP contribution in [0.15, 0.2) is 11.6 Å². The molecule has 2 unspecified atom stereocenters. The zero-order valence-electron chi connectivity index (χ0n) is 8.18. The molecule has 0 saturated carbocycles. The molecule has 0 amide bonds. The average Bonchev–Trinajstić information content (AvgIpc) is 2.46. The van der Waals surface area contributed by atoms with Gasteiger partial charge in [-0.15, -0.1) is 0 Å². The Balaban J connectivity index is 2.16. The third-order valence-electron chi connectivity index (χ3n) is 3.14. The number of allylic oxidation sites excluding steroid dienone is 1. The first kappa shape index (κ1) is 8.95. The lowest BCUT2D eigenvalue weighted by molar-refractivity contribution is -0.115. The highest BCUT2D eigenvalue weighted by Crippen LogP contribution is 2.26. The van der Waals surface area contributed by atoms with Crippen LogP contribution in [0.25, 0.3) is 0 Å². The standard InChI is InChI=1S/C11H17NO/c1-2-11(13)9-5-3-4-8-6-7-10(9)12-8/h5,8,10,12H,2-4,6-7H2,1H3. The van der Waals surface area contributed by atoms with E-state index in [4.69, 9.17) is 0 Å². The van der Waals surface area contributed by atoms with E-state index >= 15 is 0 Å². The van der Waals surface area contributed by atoms with Crippen molar-refractivity contribution in [3.8, 4) is 0 Å². The van der Waals surface area contributed by atoms with Crippen LogP contribution in [0.1, 0.15) is 39.0 Å². The topological polar surface area (TPSA) is 29.1 Å². The molecule has 0 aromatic heterocycles. The van der Waals surface area contributed by atoms with Gasteiger partial charge < -0.3 is 5.32 Å². The van der Waals surface area contributed by atoms with Crippen molar-refractivity contribution in [3.63, 3.8) is 0 Å². The summed E-state index contributed by atoms with van der Waals surface area (Å²) in [5.41, 5.74) is 1.06. The molecule has 13 heavy (non-hydrogen) atoms. The molecule has 1 saturated heterocycles. The summed E-state index contributed by atoms with van der Waals surface area (Å²) in [6.07, 6.45) is 7.49. The Morgan fingerprint density at radius 1 is 1.54 bits per heavy atom. The van der Waals surface area contributed by atoms with Gasteiger partial charge in [0.15, 0.2) is 5.78 Å². The molecule has 0 aromatic rings. The molecule has 2 heterocycles. The van der Waals surface area contributed by atoms with Crippen LogP contribution >= 0.6 is 0 Å². The second kappa shape index (κ2) is 3.62. The number of rotatable bonds is 2. The van der Waals surface area contributed by atoms with E-state index in [1.165, 1.54) is 12.8 Å². The molecule has 0 aliphatic carbocycles. The van der Waals surface area contributed by atoms with Gasteiger partial charge in [0, 0.05) is 24.1 Å². The Bertz CT molecular complexity index is 244. The van der Waals surface area contributed by atoms with Crippen LogP contribution in [0.5, 0.6) is 0 Å². The molecular formula is C11H17NO. The quantitative estimate of drug-likeness (QED) is 0.700. The van der Waals surface area contributed by atoms with E-state index in [1.807, 2.05) is 6.92 Å². The highest BCUT2D eigenvalue weighted by Gasteiger charge is 2.30. The summed E-state index contributed by atoms with van der Waals surface area (Å²) in [4.78, 5) is 11.6. The SMILES string of the molecule is CCC(=O)C1=CCCC2CCC1N2. The van der Waals surface area contributed by atoms with Crippen molar-refractivity contribution in [3.05, 3.63) is 11.6 Å². The fraction of sp³-hybridized carbons (Fsp3) is 0.727. The molecule has 2 heteroatoms. The molecule has 1 N–H and O–H groups in total. The zero-order valence-corrected chi connectivity index (χ0v) is 8.18. The molecule has 2 aliphatic heterocycles. The predicted octanol–water partition coefficient (Wildman–Crippen LogP) is 1.81. The van der Waals surface area contributed by atoms with Crippen LogP contribution in [-0.4, -0.2) is 17.9 Å². The number of nitrogens with one attached hydrogen (secondary N) is 1. The summed E-state index contributed by atoms with van der Waals surface area (Å²) in [6.45, 7) is 1.94. The van der Waals surface area contributed by atoms with E-state index in [0.29, 0.717) is 24.3 Å². The molecule has 2 nitrogen and oxygen atoms in total. The third-order valence-corrected chi connectivity index (χ3v) is 3.14. The van der Waals surface area contributed by atoms with Crippen LogP contribution in [0, 0.1) is 0 Å². The number of fused-ring (bicyclic) bond motifs is 2. The minimum Gasteiger partial charge on any atom is -0.307 e. The van der Waals surface area contributed by atoms with Gasteiger partial charge in [-0.3, -0.25) is 4.79 Å². The fourth-order valence-corrected chi connectivity index (χ4v) is 2.39. The summed E-state index contributed by atoms with van der Waals surface area (Å²) in [5, 5.41) is 3.53. The van der Waals surface area contributed by atoms with Crippen molar-refractivity contribution in [1.82, 2.24) is 5.32 Å². The van der Waals surface area contributed by atoms with Crippen molar-refractivity contribution < 1.29 is 4.79 Å². The van der Waals surface area contributed by atoms with Gasteiger partial charge in [-0.1, -0.05) is 13.0 Å². The monoisotopic (exact) mass is 179 g/mol. The second-order valence-corrected chi connectivity index (χ2v) is 4.01. The highest BCUT2D eigenvalue weighted by atomic mass is 16.1. The van der Waals surface area contributed by atoms with Gasteiger partial charge in [0.1, 0.15) is 0 Å². The number of hydrogen-bond acceptors (Lipinski definition) is 2. The van der Waals surface area contributed by atoms with E-state index in [0.717, 1.165) is 18.4 Å². The van der Waals surface area contributed by atoms with Crippen molar-refractivity contribution in [2.75, 3.05) is 0 Å². The predicted molar refractivity (Wildman–Crippen MR) is 52.6 cm³/mol. The minimum absolute atomic E-state index is 0.333. The molecule has 72 valence electrons. The van der Waals surface area contributed by atoms with Gasteiger partial charge in [-0.25, -0.2) is 0 Å². The van der Waals surface area contributed by atoms with Crippen molar-refractivity contribution in [2.24, 2.45) is 0 Å². The molecule has 0 aromatic carbocycles. The summed E-state index contributed by atoms with van der Waals surface area (Å²) in [6, 6.07) is 1.04. The molecule has 2 atom stereocenters. The fourth-order valence-electron chi connectivity index (χ4n) is 2.39. The first-order valence-corrected chi connectivity index (χ1v) is 5.30. The Kier molecular flexibility index (Phi) is 2.49. The Hall–Kier alpha value is -0.630. The molecule has 1 fully saturated rings. The number of carbonyl (C=O) groups is 1. The molecule has 2 aliphatic rings. The summed E-state index contributed by atoms with van der Waals surface area (Å²) in [5.74, 6) is 0.333. The van der Waals surface area contributed by atoms with Crippen LogP contribution < -0.4 is 5.32 Å². The van der Waals surface area contributed by atoms with E-state index in [1.54, 1.807) is 0 Å². The van der Waals surface area contributed by atoms with Crippen molar-refractivity contribution in [1.29, 1.82) is 0 Å². The van der Waals surface area contributed by atoms with E-state index in [2.05, 4.69) is 11.4 Å². The van der Waals surface area contributed by atoms with Gasteiger partial charge in [0.2, 0.25) is 0 Å². The van der Waals surface area contributed by atoms with Crippen LogP contribution in [0.4, 0.5) is 0 Å². The van der Waals surface area contributed by atoms with Gasteiger partial charge in [-0.2, -0.15) is 0 Å². The number of ketones is 1. The number of carbonyl (C=O) groups excluding carboxylic acids is 1. The summed E-state index contributed by atoms with van der Waals surface area (Å²) < 4.78 is 0. The number of hydrogen-bond donors (Lipinski definition) is 1. The summed E-state index contributed by atoms with van der Waals surface area (Å²) in [7, 11) is 0. The van der Waals surface area contributed by atoms with Crippen molar-refractivity contribution in [2.45, 2.75) is 51.1 Å². The summed E-state index contributed by atoms with van der Waals surface area (Å²) >= 11 is 0. The third kappa shape index (κ3) is 1.68. The highest BCUT2D eigenvalue weighted by molar-refractivity contribution is 5.96. The molecule has 0 spiro atoms. The van der Waals surface area contributed by atoms with Gasteiger partial charge in [0.05, 0.1) is 0 Å². The minimum atomic E-state index is 0.333. The van der Waals surface area contributed by atoms with Gasteiger partial charge in [0.25, 0.3) is 0 Å². The average molecular weight is 179 g/mol.